The van der Waals surface area contributed by atoms with Gasteiger partial charge in [0.2, 0.25) is 5.91 Å². The van der Waals surface area contributed by atoms with Gasteiger partial charge in [-0.25, -0.2) is 4.98 Å². The highest BCUT2D eigenvalue weighted by Crippen LogP contribution is 2.32. The predicted molar refractivity (Wildman–Crippen MR) is 139 cm³/mol. The molecule has 0 aliphatic carbocycles. The summed E-state index contributed by atoms with van der Waals surface area (Å²) in [6.07, 6.45) is 6.88. The van der Waals surface area contributed by atoms with Gasteiger partial charge in [0.15, 0.2) is 0 Å². The first-order valence-electron chi connectivity index (χ1n) is 11.6. The van der Waals surface area contributed by atoms with Crippen molar-refractivity contribution in [3.63, 3.8) is 0 Å². The molecule has 0 atom stereocenters. The lowest BCUT2D eigenvalue weighted by Crippen LogP contribution is -2.17. The molecule has 0 spiro atoms. The molecule has 1 amide bonds. The van der Waals surface area contributed by atoms with Crippen LogP contribution in [0.15, 0.2) is 73.3 Å². The SMILES string of the molecule is CC(C)C(=O)Nc1cncc(-c2ccc3[nH]nc(-c4cc5c(-c6ccccn6)nccc5[nH]4)c3n2)c1. The number of aromatic amines is 2. The lowest BCUT2D eigenvalue weighted by molar-refractivity contribution is -0.118. The molecular formula is C27H22N8O. The van der Waals surface area contributed by atoms with Gasteiger partial charge in [-0.2, -0.15) is 5.10 Å². The highest BCUT2D eigenvalue weighted by atomic mass is 16.1. The van der Waals surface area contributed by atoms with Crippen LogP contribution in [0.3, 0.4) is 0 Å². The Balaban J connectivity index is 1.41. The van der Waals surface area contributed by atoms with Crippen molar-refractivity contribution in [2.24, 2.45) is 5.92 Å². The first-order valence-corrected chi connectivity index (χ1v) is 11.6. The maximum absolute atomic E-state index is 12.1. The van der Waals surface area contributed by atoms with Gasteiger partial charge in [0.05, 0.1) is 40.2 Å². The molecule has 6 aromatic rings. The summed E-state index contributed by atoms with van der Waals surface area (Å²) >= 11 is 0. The van der Waals surface area contributed by atoms with Crippen LogP contribution in [0.5, 0.6) is 0 Å². The highest BCUT2D eigenvalue weighted by molar-refractivity contribution is 5.99. The van der Waals surface area contributed by atoms with Crippen molar-refractivity contribution in [1.82, 2.24) is 35.1 Å². The van der Waals surface area contributed by atoms with Crippen molar-refractivity contribution in [1.29, 1.82) is 0 Å². The quantitative estimate of drug-likeness (QED) is 0.315. The van der Waals surface area contributed by atoms with Gasteiger partial charge in [0, 0.05) is 41.0 Å². The van der Waals surface area contributed by atoms with Crippen LogP contribution >= 0.6 is 0 Å². The van der Waals surface area contributed by atoms with Crippen molar-refractivity contribution in [3.8, 4) is 34.0 Å². The molecule has 0 aromatic carbocycles. The normalized spacial score (nSPS) is 11.4. The molecule has 6 rings (SSSR count). The molecular weight excluding hydrogens is 452 g/mol. The Kier molecular flexibility index (Phi) is 5.22. The molecule has 0 unspecified atom stereocenters. The Morgan fingerprint density at radius 2 is 1.83 bits per heavy atom. The lowest BCUT2D eigenvalue weighted by atomic mass is 10.1. The second-order valence-corrected chi connectivity index (χ2v) is 8.79. The number of H-pyrrole nitrogens is 2. The fourth-order valence-electron chi connectivity index (χ4n) is 4.07. The van der Waals surface area contributed by atoms with Crippen LogP contribution in [0, 0.1) is 5.92 Å². The average molecular weight is 475 g/mol. The van der Waals surface area contributed by atoms with Crippen molar-refractivity contribution in [3.05, 3.63) is 73.3 Å². The van der Waals surface area contributed by atoms with E-state index in [1.807, 2.05) is 62.4 Å². The lowest BCUT2D eigenvalue weighted by Gasteiger charge is -2.08. The first kappa shape index (κ1) is 21.6. The van der Waals surface area contributed by atoms with E-state index in [1.54, 1.807) is 24.8 Å². The van der Waals surface area contributed by atoms with E-state index in [9.17, 15) is 4.79 Å². The number of hydrogen-bond acceptors (Lipinski definition) is 6. The van der Waals surface area contributed by atoms with Crippen molar-refractivity contribution in [2.75, 3.05) is 5.32 Å². The number of fused-ring (bicyclic) bond motifs is 2. The number of carbonyl (C=O) groups excluding carboxylic acids is 1. The number of hydrogen-bond donors (Lipinski definition) is 3. The molecule has 3 N–H and O–H groups in total. The van der Waals surface area contributed by atoms with Crippen LogP contribution in [0.1, 0.15) is 13.8 Å². The Labute approximate surface area is 206 Å². The fraction of sp³-hybridized carbons (Fsp3) is 0.111. The molecule has 0 radical (unpaired) electrons. The van der Waals surface area contributed by atoms with Crippen molar-refractivity contribution >= 4 is 33.5 Å². The number of pyridine rings is 4. The van der Waals surface area contributed by atoms with Gasteiger partial charge < -0.3 is 10.3 Å². The summed E-state index contributed by atoms with van der Waals surface area (Å²) in [5.41, 5.74) is 7.75. The van der Waals surface area contributed by atoms with E-state index in [1.165, 1.54) is 0 Å². The van der Waals surface area contributed by atoms with E-state index in [0.717, 1.165) is 50.3 Å². The topological polar surface area (TPSA) is 125 Å². The molecule has 9 nitrogen and oxygen atoms in total. The minimum Gasteiger partial charge on any atom is -0.353 e. The number of nitrogens with one attached hydrogen (secondary N) is 3. The van der Waals surface area contributed by atoms with E-state index in [-0.39, 0.29) is 11.8 Å². The summed E-state index contributed by atoms with van der Waals surface area (Å²) < 4.78 is 0. The van der Waals surface area contributed by atoms with Crippen LogP contribution in [0.2, 0.25) is 0 Å². The predicted octanol–water partition coefficient (Wildman–Crippen LogP) is 5.22. The van der Waals surface area contributed by atoms with Gasteiger partial charge >= 0.3 is 0 Å². The second-order valence-electron chi connectivity index (χ2n) is 8.79. The second kappa shape index (κ2) is 8.70. The molecule has 0 fully saturated rings. The van der Waals surface area contributed by atoms with Crippen LogP contribution in [0.25, 0.3) is 56.0 Å². The smallest absolute Gasteiger partial charge is 0.226 e. The average Bonchev–Trinajstić information content (AvgIpc) is 3.53. The Morgan fingerprint density at radius 3 is 2.67 bits per heavy atom. The van der Waals surface area contributed by atoms with Crippen molar-refractivity contribution < 1.29 is 4.79 Å². The molecule has 36 heavy (non-hydrogen) atoms. The van der Waals surface area contributed by atoms with E-state index in [2.05, 4.69) is 35.5 Å². The maximum atomic E-state index is 12.1. The zero-order valence-electron chi connectivity index (χ0n) is 19.6. The largest absolute Gasteiger partial charge is 0.353 e. The summed E-state index contributed by atoms with van der Waals surface area (Å²) in [6, 6.07) is 15.4. The number of anilines is 1. The van der Waals surface area contributed by atoms with Crippen LogP contribution in [-0.4, -0.2) is 41.0 Å². The summed E-state index contributed by atoms with van der Waals surface area (Å²) in [5, 5.41) is 11.5. The maximum Gasteiger partial charge on any atom is 0.226 e. The van der Waals surface area contributed by atoms with Gasteiger partial charge in [-0.1, -0.05) is 19.9 Å². The molecule has 9 heteroatoms. The molecule has 0 saturated carbocycles. The van der Waals surface area contributed by atoms with E-state index < -0.39 is 0 Å². The van der Waals surface area contributed by atoms with Gasteiger partial charge in [-0.3, -0.25) is 24.8 Å². The van der Waals surface area contributed by atoms with Crippen molar-refractivity contribution in [2.45, 2.75) is 13.8 Å². The van der Waals surface area contributed by atoms with Crippen LogP contribution in [0.4, 0.5) is 5.69 Å². The fourth-order valence-corrected chi connectivity index (χ4v) is 4.07. The first-order chi connectivity index (χ1) is 17.6. The molecule has 0 aliphatic heterocycles. The number of nitrogens with zero attached hydrogens (tertiary/aromatic N) is 5. The van der Waals surface area contributed by atoms with Gasteiger partial charge in [-0.15, -0.1) is 0 Å². The van der Waals surface area contributed by atoms with E-state index >= 15 is 0 Å². The summed E-state index contributed by atoms with van der Waals surface area (Å²) in [4.78, 5) is 33.8. The molecule has 6 heterocycles. The Morgan fingerprint density at radius 1 is 0.917 bits per heavy atom. The van der Waals surface area contributed by atoms with Gasteiger partial charge in [0.25, 0.3) is 0 Å². The van der Waals surface area contributed by atoms with E-state index in [4.69, 9.17) is 4.98 Å². The zero-order valence-corrected chi connectivity index (χ0v) is 19.6. The molecule has 0 aliphatic rings. The number of aromatic nitrogens is 7. The minimum atomic E-state index is -0.124. The van der Waals surface area contributed by atoms with Gasteiger partial charge in [-0.05, 0) is 42.5 Å². The minimum absolute atomic E-state index is 0.0622. The van der Waals surface area contributed by atoms with Gasteiger partial charge in [0.1, 0.15) is 11.2 Å². The molecule has 6 aromatic heterocycles. The third-order valence-corrected chi connectivity index (χ3v) is 5.94. The molecule has 176 valence electrons. The number of rotatable bonds is 5. The monoisotopic (exact) mass is 474 g/mol. The standard InChI is InChI=1S/C27H22N8O/c1-15(2)27(36)31-17-11-16(13-28-14-17)19-6-7-22-25(33-19)26(35-34-22)23-12-18-20(32-23)8-10-30-24(18)21-5-3-4-9-29-21/h3-15,32H,1-2H3,(H,31,36)(H,34,35). The summed E-state index contributed by atoms with van der Waals surface area (Å²) in [6.45, 7) is 3.70. The van der Waals surface area contributed by atoms with Crippen LogP contribution < -0.4 is 5.32 Å². The molecule has 0 saturated heterocycles. The Hall–Kier alpha value is -4.92. The Bertz CT molecular complexity index is 1720. The van der Waals surface area contributed by atoms with Crippen LogP contribution in [-0.2, 0) is 4.79 Å². The third kappa shape index (κ3) is 3.86. The zero-order chi connectivity index (χ0) is 24.6. The third-order valence-electron chi connectivity index (χ3n) is 5.94. The summed E-state index contributed by atoms with van der Waals surface area (Å²) in [5.74, 6) is -0.186. The summed E-state index contributed by atoms with van der Waals surface area (Å²) in [7, 11) is 0. The number of amides is 1. The molecule has 0 bridgehead atoms. The number of carbonyl (C=O) groups is 1. The highest BCUT2D eigenvalue weighted by Gasteiger charge is 2.16. The van der Waals surface area contributed by atoms with E-state index in [0.29, 0.717) is 11.4 Å².